The monoisotopic (exact) mass is 742 g/mol. The standard InChI is InChI=1S/C32H38O20/c33-7-15-19(38)23(42)26(45)31(49-15)52-29-24(43)20(39)16(8-34)50-32(29)51-28-22(41)18-13(37)5-12(46-30-25(44)21(40)17(9-35)48-30)6-14(18)47-27(28)10-1-3-11(36)4-2-10/h1-6,15-17,19-21,23-26,29-40,42-45H,7-9H2/t15-,16-,17-,19-,20-,21+,23+,24-,25+,26-,29-,30+,31+,32+/m1/s1. The summed E-state index contributed by atoms with van der Waals surface area (Å²) in [5.41, 5.74) is -1.27. The number of hydrogen-bond donors (Lipinski definition) is 12. The summed E-state index contributed by atoms with van der Waals surface area (Å²) in [5.74, 6) is -2.18. The van der Waals surface area contributed by atoms with E-state index in [2.05, 4.69) is 0 Å². The predicted octanol–water partition coefficient (Wildman–Crippen LogP) is -4.31. The molecule has 286 valence electrons. The SMILES string of the molecule is O=c1c(O[C@@H]2O[C@H](CO)[C@@H](O)[C@@H](O)[C@H]2O[C@@H]2O[C@H](CO)[C@@H](O)[C@H](O)[C@H]2O)c(-c2ccc(O)cc2)oc2cc(O[C@H]3O[C@H](CO)[C@H](O)[C@@H]3O)cc(O)c12. The third-order valence-electron chi connectivity index (χ3n) is 8.98. The Morgan fingerprint density at radius 2 is 1.15 bits per heavy atom. The van der Waals surface area contributed by atoms with Crippen LogP contribution >= 0.6 is 0 Å². The molecule has 0 amide bonds. The third-order valence-corrected chi connectivity index (χ3v) is 8.98. The van der Waals surface area contributed by atoms with Crippen molar-refractivity contribution in [3.63, 3.8) is 0 Å². The first kappa shape index (κ1) is 38.0. The van der Waals surface area contributed by atoms with E-state index in [1.54, 1.807) is 0 Å². The third kappa shape index (κ3) is 7.02. The van der Waals surface area contributed by atoms with Crippen molar-refractivity contribution < 1.29 is 94.1 Å². The highest BCUT2D eigenvalue weighted by Gasteiger charge is 2.52. The van der Waals surface area contributed by atoms with Gasteiger partial charge < -0.3 is 94.1 Å². The van der Waals surface area contributed by atoms with Gasteiger partial charge in [-0.3, -0.25) is 4.79 Å². The summed E-state index contributed by atoms with van der Waals surface area (Å²) in [6.45, 7) is -2.34. The molecule has 1 aromatic heterocycles. The molecule has 4 heterocycles. The van der Waals surface area contributed by atoms with Crippen LogP contribution in [0.2, 0.25) is 0 Å². The number of phenols is 2. The summed E-state index contributed by atoms with van der Waals surface area (Å²) in [7, 11) is 0. The molecule has 3 aromatic rings. The molecule has 0 unspecified atom stereocenters. The Kier molecular flexibility index (Phi) is 11.2. The maximum Gasteiger partial charge on any atom is 0.239 e. The van der Waals surface area contributed by atoms with E-state index in [1.165, 1.54) is 24.3 Å². The summed E-state index contributed by atoms with van der Waals surface area (Å²) in [4.78, 5) is 14.2. The van der Waals surface area contributed by atoms with Gasteiger partial charge in [0.15, 0.2) is 18.2 Å². The second kappa shape index (κ2) is 15.3. The Bertz CT molecular complexity index is 1750. The number of fused-ring (bicyclic) bond motifs is 1. The quantitative estimate of drug-likeness (QED) is 0.0934. The van der Waals surface area contributed by atoms with Crippen molar-refractivity contribution in [2.75, 3.05) is 19.8 Å². The normalized spacial score (nSPS) is 36.6. The Hall–Kier alpha value is -3.71. The maximum atomic E-state index is 14.2. The molecule has 3 saturated heterocycles. The molecule has 12 N–H and O–H groups in total. The molecule has 0 radical (unpaired) electrons. The summed E-state index contributed by atoms with van der Waals surface area (Å²) in [5, 5.41) is 122. The number of ether oxygens (including phenoxy) is 6. The Balaban J connectivity index is 1.41. The van der Waals surface area contributed by atoms with Crippen LogP contribution < -0.4 is 14.9 Å². The lowest BCUT2D eigenvalue weighted by atomic mass is 9.97. The van der Waals surface area contributed by atoms with Gasteiger partial charge in [0.05, 0.1) is 19.8 Å². The number of aromatic hydroxyl groups is 2. The molecular formula is C32H38O20. The van der Waals surface area contributed by atoms with E-state index in [4.69, 9.17) is 32.8 Å². The van der Waals surface area contributed by atoms with E-state index in [1.807, 2.05) is 0 Å². The van der Waals surface area contributed by atoms with E-state index in [0.29, 0.717) is 0 Å². The zero-order valence-electron chi connectivity index (χ0n) is 26.8. The molecule has 14 atom stereocenters. The lowest BCUT2D eigenvalue weighted by Gasteiger charge is -2.45. The zero-order chi connectivity index (χ0) is 37.6. The zero-order valence-corrected chi connectivity index (χ0v) is 26.8. The summed E-state index contributed by atoms with van der Waals surface area (Å²) >= 11 is 0. The molecule has 52 heavy (non-hydrogen) atoms. The number of aliphatic hydroxyl groups excluding tert-OH is 10. The average Bonchev–Trinajstić information content (AvgIpc) is 3.39. The van der Waals surface area contributed by atoms with Crippen molar-refractivity contribution in [2.45, 2.75) is 86.0 Å². The fourth-order valence-corrected chi connectivity index (χ4v) is 6.08. The fourth-order valence-electron chi connectivity index (χ4n) is 6.08. The molecule has 20 nitrogen and oxygen atoms in total. The predicted molar refractivity (Wildman–Crippen MR) is 167 cm³/mol. The number of hydrogen-bond acceptors (Lipinski definition) is 20. The van der Waals surface area contributed by atoms with Gasteiger partial charge in [-0.15, -0.1) is 0 Å². The van der Waals surface area contributed by atoms with Crippen molar-refractivity contribution in [1.82, 2.24) is 0 Å². The van der Waals surface area contributed by atoms with Crippen LogP contribution in [-0.4, -0.2) is 167 Å². The topological polar surface area (TPSA) is 328 Å². The Labute approximate surface area is 292 Å². The molecule has 20 heteroatoms. The van der Waals surface area contributed by atoms with Crippen molar-refractivity contribution in [1.29, 1.82) is 0 Å². The molecule has 3 aliphatic rings. The van der Waals surface area contributed by atoms with E-state index in [9.17, 15) is 66.1 Å². The molecule has 6 rings (SSSR count). The summed E-state index contributed by atoms with van der Waals surface area (Å²) < 4.78 is 39.6. The fraction of sp³-hybridized carbons (Fsp3) is 0.531. The highest BCUT2D eigenvalue weighted by Crippen LogP contribution is 2.39. The Morgan fingerprint density at radius 1 is 0.615 bits per heavy atom. The van der Waals surface area contributed by atoms with E-state index < -0.39 is 128 Å². The van der Waals surface area contributed by atoms with Crippen LogP contribution in [0.3, 0.4) is 0 Å². The van der Waals surface area contributed by atoms with Crippen LogP contribution in [0.25, 0.3) is 22.3 Å². The summed E-state index contributed by atoms with van der Waals surface area (Å²) in [6, 6.07) is 7.23. The lowest BCUT2D eigenvalue weighted by Crippen LogP contribution is -2.65. The highest BCUT2D eigenvalue weighted by molar-refractivity contribution is 5.88. The average molecular weight is 743 g/mol. The molecular weight excluding hydrogens is 704 g/mol. The second-order valence-electron chi connectivity index (χ2n) is 12.4. The van der Waals surface area contributed by atoms with Crippen LogP contribution in [0.1, 0.15) is 0 Å². The number of benzene rings is 2. The first-order valence-corrected chi connectivity index (χ1v) is 15.9. The molecule has 0 bridgehead atoms. The minimum Gasteiger partial charge on any atom is -0.508 e. The number of aliphatic hydroxyl groups is 10. The van der Waals surface area contributed by atoms with Crippen molar-refractivity contribution in [2.24, 2.45) is 0 Å². The van der Waals surface area contributed by atoms with Crippen molar-refractivity contribution in [3.05, 3.63) is 46.6 Å². The van der Waals surface area contributed by atoms with Gasteiger partial charge >= 0.3 is 0 Å². The van der Waals surface area contributed by atoms with Crippen LogP contribution in [0.4, 0.5) is 0 Å². The van der Waals surface area contributed by atoms with Gasteiger partial charge in [0.2, 0.25) is 23.8 Å². The molecule has 2 aromatic carbocycles. The van der Waals surface area contributed by atoms with Crippen molar-refractivity contribution >= 4 is 11.0 Å². The van der Waals surface area contributed by atoms with E-state index >= 15 is 0 Å². The van der Waals surface area contributed by atoms with Gasteiger partial charge in [0.1, 0.15) is 89.3 Å². The molecule has 0 saturated carbocycles. The van der Waals surface area contributed by atoms with Crippen LogP contribution in [0.15, 0.2) is 45.6 Å². The highest BCUT2D eigenvalue weighted by atomic mass is 16.8. The van der Waals surface area contributed by atoms with Gasteiger partial charge in [-0.05, 0) is 24.3 Å². The number of phenolic OH excluding ortho intramolecular Hbond substituents is 2. The largest absolute Gasteiger partial charge is 0.508 e. The number of rotatable bonds is 10. The maximum absolute atomic E-state index is 14.2. The summed E-state index contributed by atoms with van der Waals surface area (Å²) in [6.07, 6.45) is -23.9. The van der Waals surface area contributed by atoms with Gasteiger partial charge in [-0.1, -0.05) is 0 Å². The van der Waals surface area contributed by atoms with Gasteiger partial charge in [-0.25, -0.2) is 0 Å². The molecule has 0 spiro atoms. The van der Waals surface area contributed by atoms with E-state index in [0.717, 1.165) is 12.1 Å². The van der Waals surface area contributed by atoms with Crippen molar-refractivity contribution in [3.8, 4) is 34.3 Å². The van der Waals surface area contributed by atoms with Gasteiger partial charge in [0.25, 0.3) is 0 Å². The second-order valence-corrected chi connectivity index (χ2v) is 12.4. The first-order valence-electron chi connectivity index (χ1n) is 15.9. The first-order chi connectivity index (χ1) is 24.8. The van der Waals surface area contributed by atoms with Gasteiger partial charge in [0, 0.05) is 17.7 Å². The van der Waals surface area contributed by atoms with Crippen LogP contribution in [-0.2, 0) is 18.9 Å². The lowest BCUT2D eigenvalue weighted by molar-refractivity contribution is -0.358. The van der Waals surface area contributed by atoms with Gasteiger partial charge in [-0.2, -0.15) is 0 Å². The minimum atomic E-state index is -1.99. The molecule has 3 fully saturated rings. The van der Waals surface area contributed by atoms with E-state index in [-0.39, 0.29) is 28.4 Å². The molecule has 3 aliphatic heterocycles. The van der Waals surface area contributed by atoms with Crippen LogP contribution in [0, 0.1) is 0 Å². The van der Waals surface area contributed by atoms with Crippen LogP contribution in [0.5, 0.6) is 23.0 Å². The molecule has 0 aliphatic carbocycles. The smallest absolute Gasteiger partial charge is 0.239 e. The Morgan fingerprint density at radius 3 is 1.77 bits per heavy atom. The minimum absolute atomic E-state index is 0.0996.